The molecule has 1 unspecified atom stereocenters. The van der Waals surface area contributed by atoms with Gasteiger partial charge in [0, 0.05) is 23.5 Å². The fraction of sp³-hybridized carbons (Fsp3) is 0.429. The monoisotopic (exact) mass is 373 g/mol. The molecule has 0 amide bonds. The van der Waals surface area contributed by atoms with Crippen LogP contribution in [0.15, 0.2) is 52.3 Å². The van der Waals surface area contributed by atoms with Crippen LogP contribution in [-0.4, -0.2) is 29.6 Å². The number of para-hydroxylation sites is 1. The summed E-state index contributed by atoms with van der Waals surface area (Å²) >= 11 is 1.64. The van der Waals surface area contributed by atoms with E-state index < -0.39 is 0 Å². The molecule has 0 aromatic heterocycles. The van der Waals surface area contributed by atoms with Crippen LogP contribution in [0.2, 0.25) is 0 Å². The van der Waals surface area contributed by atoms with Gasteiger partial charge in [0.2, 0.25) is 0 Å². The molecule has 0 spiro atoms. The van der Waals surface area contributed by atoms with Crippen LogP contribution in [0, 0.1) is 0 Å². The lowest BCUT2D eigenvalue weighted by Gasteiger charge is -2.33. The Bertz CT molecular complexity index is 710. The van der Waals surface area contributed by atoms with Gasteiger partial charge in [0.25, 0.3) is 0 Å². The molecule has 0 saturated carbocycles. The van der Waals surface area contributed by atoms with Crippen LogP contribution >= 0.6 is 11.8 Å². The van der Waals surface area contributed by atoms with Gasteiger partial charge in [0.05, 0.1) is 16.3 Å². The molecule has 142 valence electrons. The van der Waals surface area contributed by atoms with Gasteiger partial charge in [-0.3, -0.25) is 4.90 Å². The number of anilines is 2. The third kappa shape index (κ3) is 5.58. The first kappa shape index (κ1) is 20.5. The lowest BCUT2D eigenvalue weighted by molar-refractivity contribution is 0.0979. The van der Waals surface area contributed by atoms with Crippen LogP contribution in [0.3, 0.4) is 0 Å². The van der Waals surface area contributed by atoms with Crippen molar-refractivity contribution in [2.45, 2.75) is 62.6 Å². The minimum Gasteiger partial charge on any atom is -0.488 e. The van der Waals surface area contributed by atoms with E-state index in [1.165, 1.54) is 0 Å². The Morgan fingerprint density at radius 3 is 2.19 bits per heavy atom. The predicted molar refractivity (Wildman–Crippen MR) is 113 cm³/mol. The minimum atomic E-state index is 0.0954. The van der Waals surface area contributed by atoms with Crippen molar-refractivity contribution in [3.63, 3.8) is 0 Å². The zero-order valence-corrected chi connectivity index (χ0v) is 17.2. The van der Waals surface area contributed by atoms with Crippen LogP contribution in [0.1, 0.15) is 34.6 Å². The Hall–Kier alpha value is -1.85. The standard InChI is InChI=1S/C21H31N3OS/c1-14(2)24(15(3)4)13-16(5)25-20-8-6-7-9-21(20)26-17-10-11-18(22)19(23)12-17/h6-12,14-16H,13,22-23H2,1-5H3. The van der Waals surface area contributed by atoms with Crippen molar-refractivity contribution in [3.05, 3.63) is 42.5 Å². The number of nitrogen functional groups attached to an aromatic ring is 2. The molecule has 0 radical (unpaired) electrons. The average Bonchev–Trinajstić information content (AvgIpc) is 2.57. The third-order valence-electron chi connectivity index (χ3n) is 4.26. The molecular weight excluding hydrogens is 342 g/mol. The molecule has 2 rings (SSSR count). The van der Waals surface area contributed by atoms with E-state index in [1.54, 1.807) is 11.8 Å². The lowest BCUT2D eigenvalue weighted by Crippen LogP contribution is -2.42. The summed E-state index contributed by atoms with van der Waals surface area (Å²) in [6.07, 6.45) is 0.0954. The van der Waals surface area contributed by atoms with Gasteiger partial charge in [-0.1, -0.05) is 23.9 Å². The maximum absolute atomic E-state index is 6.28. The van der Waals surface area contributed by atoms with Crippen molar-refractivity contribution >= 4 is 23.1 Å². The zero-order chi connectivity index (χ0) is 19.3. The van der Waals surface area contributed by atoms with Gasteiger partial charge in [0.15, 0.2) is 0 Å². The summed E-state index contributed by atoms with van der Waals surface area (Å²) in [5.41, 5.74) is 12.9. The van der Waals surface area contributed by atoms with Crippen molar-refractivity contribution in [2.24, 2.45) is 0 Å². The van der Waals surface area contributed by atoms with Crippen molar-refractivity contribution in [1.29, 1.82) is 0 Å². The quantitative estimate of drug-likeness (QED) is 0.645. The normalized spacial score (nSPS) is 12.8. The van der Waals surface area contributed by atoms with Crippen LogP contribution in [-0.2, 0) is 0 Å². The molecule has 0 aliphatic rings. The van der Waals surface area contributed by atoms with Crippen molar-refractivity contribution in [3.8, 4) is 5.75 Å². The Kier molecular flexibility index (Phi) is 7.23. The first-order valence-electron chi connectivity index (χ1n) is 9.12. The van der Waals surface area contributed by atoms with Crippen molar-refractivity contribution < 1.29 is 4.74 Å². The van der Waals surface area contributed by atoms with Gasteiger partial charge in [-0.2, -0.15) is 0 Å². The minimum absolute atomic E-state index is 0.0954. The van der Waals surface area contributed by atoms with Crippen molar-refractivity contribution in [2.75, 3.05) is 18.0 Å². The van der Waals surface area contributed by atoms with E-state index in [-0.39, 0.29) is 6.10 Å². The Morgan fingerprint density at radius 2 is 1.58 bits per heavy atom. The summed E-state index contributed by atoms with van der Waals surface area (Å²) < 4.78 is 6.28. The second-order valence-corrected chi connectivity index (χ2v) is 8.27. The summed E-state index contributed by atoms with van der Waals surface area (Å²) in [4.78, 5) is 4.57. The highest BCUT2D eigenvalue weighted by molar-refractivity contribution is 7.99. The largest absolute Gasteiger partial charge is 0.488 e. The molecule has 4 nitrogen and oxygen atoms in total. The Balaban J connectivity index is 2.11. The average molecular weight is 374 g/mol. The SMILES string of the molecule is CC(CN(C(C)C)C(C)C)Oc1ccccc1Sc1ccc(N)c(N)c1. The number of ether oxygens (including phenoxy) is 1. The number of hydrogen-bond acceptors (Lipinski definition) is 5. The summed E-state index contributed by atoms with van der Waals surface area (Å²) in [6.45, 7) is 11.9. The molecule has 1 atom stereocenters. The Morgan fingerprint density at radius 1 is 0.923 bits per heavy atom. The van der Waals surface area contributed by atoms with E-state index in [9.17, 15) is 0 Å². The number of benzene rings is 2. The van der Waals surface area contributed by atoms with Crippen molar-refractivity contribution in [1.82, 2.24) is 4.90 Å². The van der Waals surface area contributed by atoms with E-state index >= 15 is 0 Å². The number of rotatable bonds is 8. The smallest absolute Gasteiger partial charge is 0.133 e. The molecule has 0 saturated heterocycles. The summed E-state index contributed by atoms with van der Waals surface area (Å²) in [7, 11) is 0. The maximum atomic E-state index is 6.28. The number of hydrogen-bond donors (Lipinski definition) is 2. The molecular formula is C21H31N3OS. The Labute approximate surface area is 161 Å². The molecule has 4 N–H and O–H groups in total. The second kappa shape index (κ2) is 9.19. The van der Waals surface area contributed by atoms with E-state index in [1.807, 2.05) is 36.4 Å². The van der Waals surface area contributed by atoms with Gasteiger partial charge < -0.3 is 16.2 Å². The first-order chi connectivity index (χ1) is 12.3. The third-order valence-corrected chi connectivity index (χ3v) is 5.30. The predicted octanol–water partition coefficient (Wildman–Crippen LogP) is 4.89. The maximum Gasteiger partial charge on any atom is 0.133 e. The number of nitrogens with two attached hydrogens (primary N) is 2. The molecule has 0 aliphatic carbocycles. The molecule has 0 aliphatic heterocycles. The van der Waals surface area contributed by atoms with Crippen LogP contribution in [0.4, 0.5) is 11.4 Å². The van der Waals surface area contributed by atoms with E-state index in [4.69, 9.17) is 16.2 Å². The van der Waals surface area contributed by atoms with Gasteiger partial charge in [-0.15, -0.1) is 0 Å². The molecule has 0 fully saturated rings. The molecule has 0 heterocycles. The van der Waals surface area contributed by atoms with Gasteiger partial charge in [-0.25, -0.2) is 0 Å². The van der Waals surface area contributed by atoms with Gasteiger partial charge in [0.1, 0.15) is 11.9 Å². The first-order valence-corrected chi connectivity index (χ1v) is 9.93. The fourth-order valence-corrected chi connectivity index (χ4v) is 3.88. The molecule has 5 heteroatoms. The zero-order valence-electron chi connectivity index (χ0n) is 16.4. The van der Waals surface area contributed by atoms with Crippen LogP contribution in [0.5, 0.6) is 5.75 Å². The highest BCUT2D eigenvalue weighted by Gasteiger charge is 2.18. The molecule has 26 heavy (non-hydrogen) atoms. The topological polar surface area (TPSA) is 64.5 Å². The highest BCUT2D eigenvalue weighted by Crippen LogP contribution is 2.36. The second-order valence-electron chi connectivity index (χ2n) is 7.15. The van der Waals surface area contributed by atoms with Gasteiger partial charge in [-0.05, 0) is 65.0 Å². The summed E-state index contributed by atoms with van der Waals surface area (Å²) in [5.74, 6) is 0.896. The molecule has 2 aromatic rings. The van der Waals surface area contributed by atoms with Crippen LogP contribution < -0.4 is 16.2 Å². The highest BCUT2D eigenvalue weighted by atomic mass is 32.2. The fourth-order valence-electron chi connectivity index (χ4n) is 2.94. The van der Waals surface area contributed by atoms with E-state index in [0.717, 1.165) is 22.1 Å². The van der Waals surface area contributed by atoms with Crippen LogP contribution in [0.25, 0.3) is 0 Å². The van der Waals surface area contributed by atoms with E-state index in [2.05, 4.69) is 45.6 Å². The summed E-state index contributed by atoms with van der Waals surface area (Å²) in [6, 6.07) is 14.8. The lowest BCUT2D eigenvalue weighted by atomic mass is 10.2. The summed E-state index contributed by atoms with van der Waals surface area (Å²) in [5, 5.41) is 0. The molecule has 2 aromatic carbocycles. The number of nitrogens with zero attached hydrogens (tertiary/aromatic N) is 1. The van der Waals surface area contributed by atoms with E-state index in [0.29, 0.717) is 23.5 Å². The van der Waals surface area contributed by atoms with Gasteiger partial charge >= 0.3 is 0 Å². The molecule has 0 bridgehead atoms.